The molecule has 2 heterocycles. The third-order valence-corrected chi connectivity index (χ3v) is 8.36. The second kappa shape index (κ2) is 14.1. The van der Waals surface area contributed by atoms with E-state index in [0.29, 0.717) is 24.6 Å². The van der Waals surface area contributed by atoms with Crippen molar-refractivity contribution >= 4 is 28.0 Å². The molecule has 0 radical (unpaired) electrons. The monoisotopic (exact) mass is 606 g/mol. The van der Waals surface area contributed by atoms with E-state index in [0.717, 1.165) is 48.8 Å². The number of carboxylic acid groups (broad SMARTS) is 1. The topological polar surface area (TPSA) is 110 Å². The van der Waals surface area contributed by atoms with Crippen LogP contribution >= 0.6 is 0 Å². The normalized spacial score (nSPS) is 19.0. The maximum Gasteiger partial charge on any atom is 0.409 e. The first-order chi connectivity index (χ1) is 19.6. The lowest BCUT2D eigenvalue weighted by atomic mass is 9.96. The first kappa shape index (κ1) is 33.6. The molecule has 1 fully saturated rings. The van der Waals surface area contributed by atoms with Crippen molar-refractivity contribution in [3.8, 4) is 11.3 Å². The van der Waals surface area contributed by atoms with Gasteiger partial charge in [0.1, 0.15) is 17.2 Å². The average Bonchev–Trinajstić information content (AvgIpc) is 2.87. The van der Waals surface area contributed by atoms with Gasteiger partial charge in [-0.25, -0.2) is 8.96 Å². The van der Waals surface area contributed by atoms with Gasteiger partial charge < -0.3 is 14.6 Å². The number of hydrogen-bond acceptors (Lipinski definition) is 6. The quantitative estimate of drug-likeness (QED) is 0.231. The van der Waals surface area contributed by atoms with Gasteiger partial charge in [-0.3, -0.25) is 4.79 Å². The lowest BCUT2D eigenvalue weighted by Crippen LogP contribution is -2.47. The van der Waals surface area contributed by atoms with Crippen LogP contribution in [-0.2, 0) is 30.8 Å². The van der Waals surface area contributed by atoms with Crippen molar-refractivity contribution in [3.05, 3.63) is 47.4 Å². The number of nitrogens with zero attached hydrogens (tertiary/aromatic N) is 3. The summed E-state index contributed by atoms with van der Waals surface area (Å²) in [7, 11) is -2.15. The molecule has 11 heteroatoms. The molecule has 232 valence electrons. The fourth-order valence-corrected chi connectivity index (χ4v) is 5.64. The first-order valence-corrected chi connectivity index (χ1v) is 16.4. The zero-order valence-electron chi connectivity index (χ0n) is 25.8. The maximum atomic E-state index is 14.1. The molecule has 0 aliphatic carbocycles. The fourth-order valence-electron chi connectivity index (χ4n) is 5.21. The molecule has 0 amide bonds. The summed E-state index contributed by atoms with van der Waals surface area (Å²) in [5, 5.41) is 9.35. The Labute approximate surface area is 249 Å². The summed E-state index contributed by atoms with van der Waals surface area (Å²) >= 11 is 0. The van der Waals surface area contributed by atoms with Gasteiger partial charge >= 0.3 is 11.9 Å². The Bertz CT molecular complexity index is 1380. The summed E-state index contributed by atoms with van der Waals surface area (Å²) in [5.74, 6) is -2.09. The summed E-state index contributed by atoms with van der Waals surface area (Å²) in [5.41, 5.74) is 2.88. The predicted octanol–water partition coefficient (Wildman–Crippen LogP) is 5.67. The van der Waals surface area contributed by atoms with E-state index in [1.807, 2.05) is 30.6 Å². The van der Waals surface area contributed by atoms with Gasteiger partial charge in [-0.15, -0.1) is 0 Å². The fraction of sp³-hybridized carbons (Fsp3) is 0.581. The number of rotatable bonds is 13. The Hall–Kier alpha value is -2.89. The average molecular weight is 607 g/mol. The van der Waals surface area contributed by atoms with Crippen LogP contribution in [0.25, 0.3) is 17.3 Å². The molecule has 1 aromatic heterocycles. The number of halogens is 1. The highest BCUT2D eigenvalue weighted by Gasteiger charge is 2.36. The molecule has 3 rings (SSSR count). The van der Waals surface area contributed by atoms with Crippen molar-refractivity contribution in [2.75, 3.05) is 17.6 Å². The van der Waals surface area contributed by atoms with Crippen LogP contribution in [0.2, 0.25) is 0 Å². The molecule has 0 unspecified atom stereocenters. The Morgan fingerprint density at radius 2 is 1.88 bits per heavy atom. The smallest absolute Gasteiger partial charge is 0.409 e. The molecule has 2 atom stereocenters. The second-order valence-electron chi connectivity index (χ2n) is 11.7. The summed E-state index contributed by atoms with van der Waals surface area (Å²) in [6.07, 6.45) is 8.07. The Morgan fingerprint density at radius 3 is 2.45 bits per heavy atom. The number of benzene rings is 1. The van der Waals surface area contributed by atoms with E-state index < -0.39 is 34.0 Å². The number of sulfonamides is 1. The Balaban J connectivity index is 2.27. The SMILES string of the molecule is CCCCCC[n+]1c(N(C)S(C)(=O)=O)nc(C(C)C)c(/C=C/[C@@H]2C[C@H](CC(=O)O)OC(C)(C)O2)c1-c1ccc(F)cc1. The summed E-state index contributed by atoms with van der Waals surface area (Å²) < 4.78 is 54.7. The molecule has 0 saturated carbocycles. The molecule has 1 aliphatic rings. The summed E-state index contributed by atoms with van der Waals surface area (Å²) in [4.78, 5) is 16.3. The minimum absolute atomic E-state index is 0.0860. The highest BCUT2D eigenvalue weighted by molar-refractivity contribution is 7.92. The number of aromatic nitrogens is 2. The molecule has 9 nitrogen and oxygen atoms in total. The number of anilines is 1. The van der Waals surface area contributed by atoms with Crippen LogP contribution in [0, 0.1) is 5.82 Å². The molecule has 2 aromatic rings. The van der Waals surface area contributed by atoms with Crippen molar-refractivity contribution in [2.45, 2.75) is 104 Å². The van der Waals surface area contributed by atoms with Crippen molar-refractivity contribution in [1.29, 1.82) is 0 Å². The molecular formula is C31H45FN3O6S+. The van der Waals surface area contributed by atoms with Crippen LogP contribution in [0.3, 0.4) is 0 Å². The van der Waals surface area contributed by atoms with Gasteiger partial charge in [-0.2, -0.15) is 12.7 Å². The van der Waals surface area contributed by atoms with Gasteiger partial charge in [-0.1, -0.05) is 51.1 Å². The number of carboxylic acids is 1. The molecule has 1 aliphatic heterocycles. The third-order valence-electron chi connectivity index (χ3n) is 7.20. The minimum Gasteiger partial charge on any atom is -0.481 e. The van der Waals surface area contributed by atoms with Crippen molar-refractivity contribution in [1.82, 2.24) is 4.98 Å². The number of hydrogen-bond donors (Lipinski definition) is 1. The molecule has 1 N–H and O–H groups in total. The standard InChI is InChI=1S/C31H44FN3O6S/c1-8-9-10-11-18-35-29(22-12-14-23(32)15-13-22)26(28(21(2)3)33-30(35)34(6)42(7,38)39)17-16-24-19-25(20-27(36)37)41-31(4,5)40-24/h12-17,21,24-25H,8-11,18-20H2,1-7H3/p+1/b17-16+/t24-,25-/m1/s1. The van der Waals surface area contributed by atoms with Gasteiger partial charge in [0.25, 0.3) is 10.0 Å². The second-order valence-corrected chi connectivity index (χ2v) is 13.7. The summed E-state index contributed by atoms with van der Waals surface area (Å²) in [6, 6.07) is 6.16. The van der Waals surface area contributed by atoms with Crippen LogP contribution < -0.4 is 8.87 Å². The van der Waals surface area contributed by atoms with Gasteiger partial charge in [-0.05, 0) is 50.6 Å². The van der Waals surface area contributed by atoms with E-state index in [2.05, 4.69) is 6.92 Å². The van der Waals surface area contributed by atoms with Crippen LogP contribution in [0.4, 0.5) is 10.3 Å². The zero-order valence-corrected chi connectivity index (χ0v) is 26.6. The van der Waals surface area contributed by atoms with Gasteiger partial charge in [0.15, 0.2) is 5.79 Å². The molecule has 1 saturated heterocycles. The molecule has 42 heavy (non-hydrogen) atoms. The van der Waals surface area contributed by atoms with Crippen LogP contribution in [0.5, 0.6) is 0 Å². The molecule has 1 aromatic carbocycles. The largest absolute Gasteiger partial charge is 0.481 e. The van der Waals surface area contributed by atoms with Crippen molar-refractivity contribution in [3.63, 3.8) is 0 Å². The van der Waals surface area contributed by atoms with Crippen LogP contribution in [-0.4, -0.2) is 55.8 Å². The lowest BCUT2D eigenvalue weighted by Gasteiger charge is -2.39. The van der Waals surface area contributed by atoms with Gasteiger partial charge in [0.05, 0.1) is 44.0 Å². The van der Waals surface area contributed by atoms with E-state index in [1.54, 1.807) is 26.0 Å². The molecule has 0 bridgehead atoms. The van der Waals surface area contributed by atoms with Crippen molar-refractivity contribution < 1.29 is 36.8 Å². The van der Waals surface area contributed by atoms with E-state index in [4.69, 9.17) is 14.5 Å². The van der Waals surface area contributed by atoms with E-state index >= 15 is 0 Å². The van der Waals surface area contributed by atoms with Gasteiger partial charge in [0.2, 0.25) is 0 Å². The zero-order chi connectivity index (χ0) is 31.2. The van der Waals surface area contributed by atoms with Crippen LogP contribution in [0.1, 0.15) is 90.3 Å². The number of carbonyl (C=O) groups is 1. The molecule has 0 spiro atoms. The van der Waals surface area contributed by atoms with E-state index in [9.17, 15) is 22.7 Å². The summed E-state index contributed by atoms with van der Waals surface area (Å²) in [6.45, 7) is 10.1. The number of ether oxygens (including phenoxy) is 2. The Kier molecular flexibility index (Phi) is 11.2. The van der Waals surface area contributed by atoms with Crippen molar-refractivity contribution in [2.24, 2.45) is 0 Å². The molecular weight excluding hydrogens is 561 g/mol. The first-order valence-electron chi connectivity index (χ1n) is 14.6. The van der Waals surface area contributed by atoms with E-state index in [1.165, 1.54) is 23.5 Å². The number of aliphatic carboxylic acids is 1. The highest BCUT2D eigenvalue weighted by Crippen LogP contribution is 2.33. The minimum atomic E-state index is -3.64. The Morgan fingerprint density at radius 1 is 1.21 bits per heavy atom. The third kappa shape index (κ3) is 8.81. The van der Waals surface area contributed by atoms with E-state index in [-0.39, 0.29) is 18.2 Å². The highest BCUT2D eigenvalue weighted by atomic mass is 32.2. The van der Waals surface area contributed by atoms with Gasteiger partial charge in [0, 0.05) is 17.9 Å². The lowest BCUT2D eigenvalue weighted by molar-refractivity contribution is -0.676. The van der Waals surface area contributed by atoms with Crippen LogP contribution in [0.15, 0.2) is 30.3 Å². The maximum absolute atomic E-state index is 14.1. The number of unbranched alkanes of at least 4 members (excludes halogenated alkanes) is 3. The predicted molar refractivity (Wildman–Crippen MR) is 161 cm³/mol.